The fourth-order valence-electron chi connectivity index (χ4n) is 5.22. The molecule has 238 valence electrons. The van der Waals surface area contributed by atoms with Crippen molar-refractivity contribution in [1.82, 2.24) is 5.32 Å². The lowest BCUT2D eigenvalue weighted by Crippen LogP contribution is -2.60. The van der Waals surface area contributed by atoms with Crippen LogP contribution in [0, 0.1) is 0 Å². The third-order valence-electron chi connectivity index (χ3n) is 7.96. The molecule has 0 aromatic rings. The number of aliphatic hydroxyl groups is 5. The number of ether oxygens (including phenoxy) is 2. The Hall–Kier alpha value is -0.810. The maximum absolute atomic E-state index is 12.7. The fourth-order valence-corrected chi connectivity index (χ4v) is 5.22. The number of rotatable bonds is 25. The van der Waals surface area contributed by atoms with Crippen LogP contribution in [0.1, 0.15) is 136 Å². The van der Waals surface area contributed by atoms with E-state index >= 15 is 0 Å². The maximum Gasteiger partial charge on any atom is 0.220 e. The standard InChI is InChI=1S/C31H61NO8/c1-3-5-7-9-11-13-15-17-19-21-27(35)32-24(25(34)20-18-16-14-12-10-8-6-4-2)23-39-31-30(38)29(37)28(36)26(22-33)40-31/h24-26,28-31,33-34,36-38H,3-23H2,1-2H3,(H,32,35). The van der Waals surface area contributed by atoms with Crippen LogP contribution in [0.15, 0.2) is 0 Å². The summed E-state index contributed by atoms with van der Waals surface area (Å²) in [6, 6.07) is -0.706. The molecular formula is C31H61NO8. The lowest BCUT2D eigenvalue weighted by Gasteiger charge is -2.40. The second kappa shape index (κ2) is 23.7. The first-order valence-electron chi connectivity index (χ1n) is 16.2. The molecular weight excluding hydrogens is 514 g/mol. The molecule has 9 nitrogen and oxygen atoms in total. The number of carbonyl (C=O) groups is 1. The molecule has 0 aromatic heterocycles. The zero-order valence-corrected chi connectivity index (χ0v) is 25.4. The monoisotopic (exact) mass is 575 g/mol. The molecule has 1 amide bonds. The van der Waals surface area contributed by atoms with Gasteiger partial charge < -0.3 is 40.3 Å². The van der Waals surface area contributed by atoms with Crippen molar-refractivity contribution in [3.63, 3.8) is 0 Å². The molecule has 7 atom stereocenters. The van der Waals surface area contributed by atoms with Crippen molar-refractivity contribution in [2.24, 2.45) is 0 Å². The molecule has 7 unspecified atom stereocenters. The number of carbonyl (C=O) groups excluding carboxylic acids is 1. The Bertz CT molecular complexity index is 608. The summed E-state index contributed by atoms with van der Waals surface area (Å²) < 4.78 is 11.1. The maximum atomic E-state index is 12.7. The van der Waals surface area contributed by atoms with Crippen molar-refractivity contribution < 1.29 is 39.8 Å². The Balaban J connectivity index is 2.52. The van der Waals surface area contributed by atoms with E-state index in [4.69, 9.17) is 9.47 Å². The summed E-state index contributed by atoms with van der Waals surface area (Å²) in [6.07, 6.45) is 12.7. The van der Waals surface area contributed by atoms with Crippen molar-refractivity contribution in [3.05, 3.63) is 0 Å². The molecule has 40 heavy (non-hydrogen) atoms. The van der Waals surface area contributed by atoms with E-state index in [-0.39, 0.29) is 12.5 Å². The van der Waals surface area contributed by atoms with Crippen LogP contribution >= 0.6 is 0 Å². The molecule has 0 radical (unpaired) electrons. The van der Waals surface area contributed by atoms with Crippen LogP contribution in [-0.4, -0.2) is 87.5 Å². The van der Waals surface area contributed by atoms with Crippen LogP contribution in [0.3, 0.4) is 0 Å². The number of hydrogen-bond donors (Lipinski definition) is 6. The lowest BCUT2D eigenvalue weighted by molar-refractivity contribution is -0.302. The first kappa shape index (κ1) is 37.2. The van der Waals surface area contributed by atoms with E-state index < -0.39 is 49.5 Å². The van der Waals surface area contributed by atoms with Gasteiger partial charge in [-0.2, -0.15) is 0 Å². The van der Waals surface area contributed by atoms with Gasteiger partial charge in [0, 0.05) is 6.42 Å². The Morgan fingerprint density at radius 2 is 1.25 bits per heavy atom. The minimum absolute atomic E-state index is 0.135. The highest BCUT2D eigenvalue weighted by Crippen LogP contribution is 2.23. The van der Waals surface area contributed by atoms with Gasteiger partial charge in [0.15, 0.2) is 6.29 Å². The molecule has 6 N–H and O–H groups in total. The van der Waals surface area contributed by atoms with E-state index in [1.165, 1.54) is 70.6 Å². The van der Waals surface area contributed by atoms with Crippen LogP contribution in [0.2, 0.25) is 0 Å². The summed E-state index contributed by atoms with van der Waals surface area (Å²) in [4.78, 5) is 12.7. The Labute approximate surface area is 243 Å². The normalized spacial score (nSPS) is 24.6. The zero-order valence-electron chi connectivity index (χ0n) is 25.4. The molecule has 0 spiro atoms. The summed E-state index contributed by atoms with van der Waals surface area (Å²) in [5.41, 5.74) is 0. The predicted molar refractivity (Wildman–Crippen MR) is 157 cm³/mol. The third kappa shape index (κ3) is 16.0. The van der Waals surface area contributed by atoms with Crippen LogP contribution in [0.5, 0.6) is 0 Å². The Morgan fingerprint density at radius 3 is 1.77 bits per heavy atom. The van der Waals surface area contributed by atoms with E-state index in [0.717, 1.165) is 38.5 Å². The Morgan fingerprint density at radius 1 is 0.750 bits per heavy atom. The van der Waals surface area contributed by atoms with E-state index in [1.807, 2.05) is 0 Å². The van der Waals surface area contributed by atoms with Crippen molar-refractivity contribution >= 4 is 5.91 Å². The molecule has 1 aliphatic rings. The highest BCUT2D eigenvalue weighted by Gasteiger charge is 2.44. The van der Waals surface area contributed by atoms with Crippen LogP contribution in [0.25, 0.3) is 0 Å². The predicted octanol–water partition coefficient (Wildman–Crippen LogP) is 4.10. The van der Waals surface area contributed by atoms with E-state index in [9.17, 15) is 30.3 Å². The van der Waals surface area contributed by atoms with E-state index in [2.05, 4.69) is 19.2 Å². The molecule has 0 saturated carbocycles. The van der Waals surface area contributed by atoms with Crippen molar-refractivity contribution in [3.8, 4) is 0 Å². The first-order valence-corrected chi connectivity index (χ1v) is 16.2. The van der Waals surface area contributed by atoms with Gasteiger partial charge in [-0.3, -0.25) is 4.79 Å². The minimum atomic E-state index is -1.54. The fraction of sp³-hybridized carbons (Fsp3) is 0.968. The van der Waals surface area contributed by atoms with Gasteiger partial charge >= 0.3 is 0 Å². The van der Waals surface area contributed by atoms with Crippen LogP contribution in [-0.2, 0) is 14.3 Å². The van der Waals surface area contributed by atoms with Crippen molar-refractivity contribution in [2.75, 3.05) is 13.2 Å². The van der Waals surface area contributed by atoms with Gasteiger partial charge in [-0.05, 0) is 12.8 Å². The number of unbranched alkanes of at least 4 members (excludes halogenated alkanes) is 15. The van der Waals surface area contributed by atoms with E-state index in [0.29, 0.717) is 12.8 Å². The summed E-state index contributed by atoms with van der Waals surface area (Å²) in [5, 5.41) is 53.6. The van der Waals surface area contributed by atoms with Gasteiger partial charge in [0.05, 0.1) is 25.4 Å². The van der Waals surface area contributed by atoms with E-state index in [1.54, 1.807) is 0 Å². The number of aliphatic hydroxyl groups excluding tert-OH is 5. The molecule has 1 saturated heterocycles. The van der Waals surface area contributed by atoms with Gasteiger partial charge in [0.1, 0.15) is 24.4 Å². The first-order chi connectivity index (χ1) is 19.3. The minimum Gasteiger partial charge on any atom is -0.394 e. The number of hydrogen-bond acceptors (Lipinski definition) is 8. The topological polar surface area (TPSA) is 149 Å². The van der Waals surface area contributed by atoms with Gasteiger partial charge in [-0.15, -0.1) is 0 Å². The molecule has 1 fully saturated rings. The molecule has 0 aliphatic carbocycles. The molecule has 1 aliphatic heterocycles. The smallest absolute Gasteiger partial charge is 0.220 e. The van der Waals surface area contributed by atoms with Crippen LogP contribution in [0.4, 0.5) is 0 Å². The average Bonchev–Trinajstić information content (AvgIpc) is 2.95. The molecule has 0 bridgehead atoms. The van der Waals surface area contributed by atoms with Gasteiger partial charge in [0.2, 0.25) is 5.91 Å². The molecule has 0 aromatic carbocycles. The van der Waals surface area contributed by atoms with Crippen molar-refractivity contribution in [1.29, 1.82) is 0 Å². The molecule has 1 heterocycles. The Kier molecular flexibility index (Phi) is 22.1. The molecule has 9 heteroatoms. The third-order valence-corrected chi connectivity index (χ3v) is 7.96. The van der Waals surface area contributed by atoms with Gasteiger partial charge in [0.25, 0.3) is 0 Å². The zero-order chi connectivity index (χ0) is 29.6. The summed E-state index contributed by atoms with van der Waals surface area (Å²) in [7, 11) is 0. The highest BCUT2D eigenvalue weighted by molar-refractivity contribution is 5.76. The average molecular weight is 576 g/mol. The lowest BCUT2D eigenvalue weighted by atomic mass is 9.99. The van der Waals surface area contributed by atoms with Crippen LogP contribution < -0.4 is 5.32 Å². The SMILES string of the molecule is CCCCCCCCCCCC(=O)NC(COC1OC(CO)C(O)C(O)C1O)C(O)CCCCCCCCCC. The largest absolute Gasteiger partial charge is 0.394 e. The summed E-state index contributed by atoms with van der Waals surface area (Å²) in [5.74, 6) is -0.152. The molecule has 1 rings (SSSR count). The summed E-state index contributed by atoms with van der Waals surface area (Å²) in [6.45, 7) is 3.73. The second-order valence-corrected chi connectivity index (χ2v) is 11.6. The summed E-state index contributed by atoms with van der Waals surface area (Å²) >= 11 is 0. The van der Waals surface area contributed by atoms with Gasteiger partial charge in [-0.25, -0.2) is 0 Å². The highest BCUT2D eigenvalue weighted by atomic mass is 16.7. The van der Waals surface area contributed by atoms with Gasteiger partial charge in [-0.1, -0.05) is 117 Å². The number of nitrogens with one attached hydrogen (secondary N) is 1. The number of amides is 1. The van der Waals surface area contributed by atoms with Crippen molar-refractivity contribution in [2.45, 2.75) is 179 Å². The second-order valence-electron chi connectivity index (χ2n) is 11.6. The quantitative estimate of drug-likeness (QED) is 0.0892.